The van der Waals surface area contributed by atoms with Crippen LogP contribution in [-0.4, -0.2) is 31.6 Å². The summed E-state index contributed by atoms with van der Waals surface area (Å²) in [6, 6.07) is 6.21. The molecule has 4 nitrogen and oxygen atoms in total. The third-order valence-corrected chi connectivity index (χ3v) is 6.09. The van der Waals surface area contributed by atoms with Crippen LogP contribution < -0.4 is 9.47 Å². The summed E-state index contributed by atoms with van der Waals surface area (Å²) < 4.78 is 10.8. The van der Waals surface area contributed by atoms with Crippen LogP contribution in [0.4, 0.5) is 0 Å². The van der Waals surface area contributed by atoms with Gasteiger partial charge in [-0.05, 0) is 49.3 Å². The molecule has 3 rings (SSSR count). The molecule has 26 heavy (non-hydrogen) atoms. The minimum atomic E-state index is 0.178. The van der Waals surface area contributed by atoms with Crippen LogP contribution in [0.3, 0.4) is 0 Å². The van der Waals surface area contributed by atoms with Crippen molar-refractivity contribution in [2.75, 3.05) is 20.8 Å². The minimum Gasteiger partial charge on any atom is -0.493 e. The molecule has 1 aliphatic heterocycles. The van der Waals surface area contributed by atoms with Gasteiger partial charge < -0.3 is 14.4 Å². The average molecular weight is 360 g/mol. The highest BCUT2D eigenvalue weighted by molar-refractivity contribution is 5.77. The molecule has 144 valence electrons. The van der Waals surface area contributed by atoms with Crippen LogP contribution in [0, 0.1) is 5.92 Å². The van der Waals surface area contributed by atoms with Crippen molar-refractivity contribution >= 4 is 5.91 Å². The number of benzene rings is 1. The molecule has 1 heterocycles. The minimum absolute atomic E-state index is 0.178. The lowest BCUT2D eigenvalue weighted by Crippen LogP contribution is -2.30. The lowest BCUT2D eigenvalue weighted by Gasteiger charge is -2.26. The molecule has 1 saturated carbocycles. The molecule has 0 radical (unpaired) electrons. The fourth-order valence-electron chi connectivity index (χ4n) is 4.63. The average Bonchev–Trinajstić information content (AvgIpc) is 3.18. The molecular weight excluding hydrogens is 326 g/mol. The van der Waals surface area contributed by atoms with Crippen LogP contribution in [0.15, 0.2) is 18.2 Å². The summed E-state index contributed by atoms with van der Waals surface area (Å²) in [5.74, 6) is 2.65. The molecular formula is C22H33NO3. The number of methoxy groups -OCH3 is 2. The summed E-state index contributed by atoms with van der Waals surface area (Å²) in [6.07, 6.45) is 12.0. The molecule has 1 atom stereocenters. The number of likely N-dealkylation sites (tertiary alicyclic amines) is 1. The first-order chi connectivity index (χ1) is 12.7. The highest BCUT2D eigenvalue weighted by atomic mass is 16.5. The van der Waals surface area contributed by atoms with E-state index in [4.69, 9.17) is 9.47 Å². The van der Waals surface area contributed by atoms with Crippen LogP contribution in [0.1, 0.15) is 75.8 Å². The number of nitrogens with zero attached hydrogens (tertiary/aromatic N) is 1. The number of rotatable bonds is 7. The van der Waals surface area contributed by atoms with Gasteiger partial charge in [0.2, 0.25) is 5.91 Å². The zero-order valence-corrected chi connectivity index (χ0v) is 16.3. The predicted molar refractivity (Wildman–Crippen MR) is 104 cm³/mol. The van der Waals surface area contributed by atoms with Crippen molar-refractivity contribution in [1.82, 2.24) is 4.90 Å². The molecule has 1 saturated heterocycles. The van der Waals surface area contributed by atoms with Gasteiger partial charge in [0.15, 0.2) is 11.5 Å². The largest absolute Gasteiger partial charge is 0.493 e. The number of ether oxygens (including phenoxy) is 2. The van der Waals surface area contributed by atoms with E-state index in [1.165, 1.54) is 38.5 Å². The summed E-state index contributed by atoms with van der Waals surface area (Å²) in [5, 5.41) is 0. The quantitative estimate of drug-likeness (QED) is 0.678. The normalized spacial score (nSPS) is 21.0. The van der Waals surface area contributed by atoms with E-state index in [9.17, 15) is 4.79 Å². The molecule has 1 aliphatic carbocycles. The van der Waals surface area contributed by atoms with Crippen molar-refractivity contribution in [3.05, 3.63) is 23.8 Å². The maximum Gasteiger partial charge on any atom is 0.223 e. The molecule has 1 aromatic carbocycles. The molecule has 0 spiro atoms. The molecule has 1 aromatic rings. The second-order valence-corrected chi connectivity index (χ2v) is 7.76. The summed E-state index contributed by atoms with van der Waals surface area (Å²) >= 11 is 0. The Morgan fingerprint density at radius 2 is 1.81 bits per heavy atom. The highest BCUT2D eigenvalue weighted by Crippen LogP contribution is 2.37. The molecule has 1 amide bonds. The number of hydrogen-bond donors (Lipinski definition) is 0. The van der Waals surface area contributed by atoms with Gasteiger partial charge in [-0.2, -0.15) is 0 Å². The first-order valence-electron chi connectivity index (χ1n) is 10.2. The van der Waals surface area contributed by atoms with E-state index in [0.29, 0.717) is 12.3 Å². The summed E-state index contributed by atoms with van der Waals surface area (Å²) in [4.78, 5) is 14.9. The van der Waals surface area contributed by atoms with Crippen molar-refractivity contribution in [2.45, 2.75) is 70.3 Å². The van der Waals surface area contributed by atoms with Crippen molar-refractivity contribution in [3.8, 4) is 11.5 Å². The topological polar surface area (TPSA) is 38.8 Å². The maximum atomic E-state index is 12.8. The van der Waals surface area contributed by atoms with Gasteiger partial charge >= 0.3 is 0 Å². The van der Waals surface area contributed by atoms with Crippen LogP contribution in [0.2, 0.25) is 0 Å². The van der Waals surface area contributed by atoms with Gasteiger partial charge in [0.05, 0.1) is 20.3 Å². The molecule has 2 fully saturated rings. The second kappa shape index (κ2) is 9.29. The number of amides is 1. The van der Waals surface area contributed by atoms with Gasteiger partial charge in [0.25, 0.3) is 0 Å². The lowest BCUT2D eigenvalue weighted by molar-refractivity contribution is -0.132. The lowest BCUT2D eigenvalue weighted by atomic mass is 9.86. The van der Waals surface area contributed by atoms with E-state index in [2.05, 4.69) is 11.0 Å². The van der Waals surface area contributed by atoms with Crippen LogP contribution in [0.25, 0.3) is 0 Å². The first kappa shape index (κ1) is 19.1. The van der Waals surface area contributed by atoms with Crippen molar-refractivity contribution in [1.29, 1.82) is 0 Å². The smallest absolute Gasteiger partial charge is 0.223 e. The van der Waals surface area contributed by atoms with E-state index in [0.717, 1.165) is 48.8 Å². The SMILES string of the molecule is COc1ccc(C2CCCN2C(=O)CCCC2CCCCC2)cc1OC. The number of hydrogen-bond acceptors (Lipinski definition) is 3. The second-order valence-electron chi connectivity index (χ2n) is 7.76. The van der Waals surface area contributed by atoms with Gasteiger partial charge in [0, 0.05) is 13.0 Å². The Morgan fingerprint density at radius 1 is 1.04 bits per heavy atom. The Kier molecular flexibility index (Phi) is 6.81. The molecule has 4 heteroatoms. The van der Waals surface area contributed by atoms with Crippen LogP contribution >= 0.6 is 0 Å². The van der Waals surface area contributed by atoms with Crippen molar-refractivity contribution < 1.29 is 14.3 Å². The Hall–Kier alpha value is -1.71. The van der Waals surface area contributed by atoms with E-state index >= 15 is 0 Å². The third kappa shape index (κ3) is 4.52. The summed E-state index contributed by atoms with van der Waals surface area (Å²) in [6.45, 7) is 0.876. The standard InChI is InChI=1S/C22H33NO3/c1-25-20-14-13-18(16-21(20)26-2)19-11-7-15-23(19)22(24)12-6-10-17-8-4-3-5-9-17/h13-14,16-17,19H,3-12,15H2,1-2H3. The Labute approximate surface area is 157 Å². The molecule has 0 N–H and O–H groups in total. The molecule has 1 unspecified atom stereocenters. The number of carbonyl (C=O) groups excluding carboxylic acids is 1. The summed E-state index contributed by atoms with van der Waals surface area (Å²) in [5.41, 5.74) is 1.15. The fraction of sp³-hybridized carbons (Fsp3) is 0.682. The van der Waals surface area contributed by atoms with Crippen molar-refractivity contribution in [2.24, 2.45) is 5.92 Å². The third-order valence-electron chi connectivity index (χ3n) is 6.09. The Bertz CT molecular complexity index is 595. The monoisotopic (exact) mass is 359 g/mol. The fourth-order valence-corrected chi connectivity index (χ4v) is 4.63. The van der Waals surface area contributed by atoms with E-state index < -0.39 is 0 Å². The summed E-state index contributed by atoms with van der Waals surface area (Å²) in [7, 11) is 3.31. The van der Waals surface area contributed by atoms with Gasteiger partial charge in [-0.3, -0.25) is 4.79 Å². The van der Waals surface area contributed by atoms with E-state index in [-0.39, 0.29) is 6.04 Å². The highest BCUT2D eigenvalue weighted by Gasteiger charge is 2.30. The Morgan fingerprint density at radius 3 is 2.54 bits per heavy atom. The zero-order valence-electron chi connectivity index (χ0n) is 16.3. The van der Waals surface area contributed by atoms with Crippen molar-refractivity contribution in [3.63, 3.8) is 0 Å². The van der Waals surface area contributed by atoms with Gasteiger partial charge in [-0.15, -0.1) is 0 Å². The van der Waals surface area contributed by atoms with E-state index in [1.54, 1.807) is 14.2 Å². The van der Waals surface area contributed by atoms with Gasteiger partial charge in [-0.25, -0.2) is 0 Å². The molecule has 0 aromatic heterocycles. The maximum absolute atomic E-state index is 12.8. The van der Waals surface area contributed by atoms with Gasteiger partial charge in [0.1, 0.15) is 0 Å². The van der Waals surface area contributed by atoms with Gasteiger partial charge in [-0.1, -0.05) is 38.2 Å². The van der Waals surface area contributed by atoms with Crippen LogP contribution in [0.5, 0.6) is 11.5 Å². The Balaban J connectivity index is 1.57. The van der Waals surface area contributed by atoms with Crippen LogP contribution in [-0.2, 0) is 4.79 Å². The number of carbonyl (C=O) groups is 1. The molecule has 2 aliphatic rings. The molecule has 0 bridgehead atoms. The predicted octanol–water partition coefficient (Wildman–Crippen LogP) is 5.12. The van der Waals surface area contributed by atoms with E-state index in [1.807, 2.05) is 12.1 Å². The first-order valence-corrected chi connectivity index (χ1v) is 10.2. The zero-order chi connectivity index (χ0) is 18.4.